The number of anilines is 1. The molecule has 0 aliphatic carbocycles. The molecule has 1 heterocycles. The third-order valence-corrected chi connectivity index (χ3v) is 2.76. The van der Waals surface area contributed by atoms with Crippen LogP contribution in [0.25, 0.3) is 11.3 Å². The summed E-state index contributed by atoms with van der Waals surface area (Å²) in [6.07, 6.45) is 0.963. The van der Waals surface area contributed by atoms with Crippen LogP contribution in [0.5, 0.6) is 0 Å². The average Bonchev–Trinajstić information content (AvgIpc) is 2.42. The van der Waals surface area contributed by atoms with E-state index in [9.17, 15) is 8.78 Å². The van der Waals surface area contributed by atoms with Crippen LogP contribution < -0.4 is 5.32 Å². The van der Waals surface area contributed by atoms with E-state index in [2.05, 4.69) is 15.5 Å². The van der Waals surface area contributed by atoms with E-state index in [-0.39, 0.29) is 11.3 Å². The Bertz CT molecular complexity index is 568. The summed E-state index contributed by atoms with van der Waals surface area (Å²) in [6.45, 7) is 4.40. The van der Waals surface area contributed by atoms with Crippen LogP contribution in [0.3, 0.4) is 0 Å². The molecule has 0 fully saturated rings. The van der Waals surface area contributed by atoms with E-state index >= 15 is 0 Å². The summed E-state index contributed by atoms with van der Waals surface area (Å²) in [7, 11) is 0. The van der Waals surface area contributed by atoms with Gasteiger partial charge in [0, 0.05) is 6.54 Å². The second-order valence-corrected chi connectivity index (χ2v) is 4.28. The summed E-state index contributed by atoms with van der Waals surface area (Å²) in [5.74, 6) is -0.630. The van der Waals surface area contributed by atoms with Crippen LogP contribution >= 0.6 is 0 Å². The van der Waals surface area contributed by atoms with Crippen molar-refractivity contribution in [2.45, 2.75) is 20.3 Å². The Kier molecular flexibility index (Phi) is 4.04. The fraction of sp³-hybridized carbons (Fsp3) is 0.286. The summed E-state index contributed by atoms with van der Waals surface area (Å²) in [5, 5.41) is 10.8. The number of halogens is 2. The fourth-order valence-corrected chi connectivity index (χ4v) is 1.70. The molecule has 5 heteroatoms. The SMILES string of the molecule is CCCNc1ccc(-c2c(F)ccc(C)c2F)nn1. The van der Waals surface area contributed by atoms with Crippen LogP contribution in [0, 0.1) is 18.6 Å². The molecule has 0 bridgehead atoms. The predicted molar refractivity (Wildman–Crippen MR) is 70.9 cm³/mol. The van der Waals surface area contributed by atoms with Gasteiger partial charge < -0.3 is 5.32 Å². The second-order valence-electron chi connectivity index (χ2n) is 4.28. The van der Waals surface area contributed by atoms with Gasteiger partial charge in [-0.05, 0) is 37.1 Å². The van der Waals surface area contributed by atoms with E-state index in [0.29, 0.717) is 11.4 Å². The quantitative estimate of drug-likeness (QED) is 0.916. The predicted octanol–water partition coefficient (Wildman–Crippen LogP) is 3.55. The van der Waals surface area contributed by atoms with Crippen molar-refractivity contribution in [2.24, 2.45) is 0 Å². The molecule has 2 rings (SSSR count). The summed E-state index contributed by atoms with van der Waals surface area (Å²) in [6, 6.07) is 5.86. The topological polar surface area (TPSA) is 37.8 Å². The molecule has 0 amide bonds. The van der Waals surface area contributed by atoms with Crippen LogP contribution in [0.1, 0.15) is 18.9 Å². The molecule has 1 N–H and O–H groups in total. The van der Waals surface area contributed by atoms with Gasteiger partial charge in [0.1, 0.15) is 17.5 Å². The van der Waals surface area contributed by atoms with Gasteiger partial charge >= 0.3 is 0 Å². The second kappa shape index (κ2) is 5.73. The van der Waals surface area contributed by atoms with Gasteiger partial charge in [-0.25, -0.2) is 8.78 Å². The Morgan fingerprint density at radius 3 is 2.53 bits per heavy atom. The average molecular weight is 263 g/mol. The number of hydrogen-bond acceptors (Lipinski definition) is 3. The van der Waals surface area contributed by atoms with Crippen molar-refractivity contribution in [1.29, 1.82) is 0 Å². The number of rotatable bonds is 4. The normalized spacial score (nSPS) is 10.5. The highest BCUT2D eigenvalue weighted by molar-refractivity contribution is 5.62. The Labute approximate surface area is 110 Å². The maximum Gasteiger partial charge on any atom is 0.148 e. The monoisotopic (exact) mass is 263 g/mol. The lowest BCUT2D eigenvalue weighted by Crippen LogP contribution is -2.04. The van der Waals surface area contributed by atoms with E-state index in [0.717, 1.165) is 13.0 Å². The highest BCUT2D eigenvalue weighted by Gasteiger charge is 2.15. The molecule has 0 saturated carbocycles. The van der Waals surface area contributed by atoms with Gasteiger partial charge in [0.05, 0.1) is 11.3 Å². The first kappa shape index (κ1) is 13.4. The van der Waals surface area contributed by atoms with Crippen molar-refractivity contribution >= 4 is 5.82 Å². The van der Waals surface area contributed by atoms with Gasteiger partial charge in [-0.15, -0.1) is 10.2 Å². The Morgan fingerprint density at radius 1 is 1.11 bits per heavy atom. The van der Waals surface area contributed by atoms with Crippen LogP contribution in [0.2, 0.25) is 0 Å². The maximum atomic E-state index is 13.9. The summed E-state index contributed by atoms with van der Waals surface area (Å²) in [4.78, 5) is 0. The molecule has 19 heavy (non-hydrogen) atoms. The number of benzene rings is 1. The van der Waals surface area contributed by atoms with Crippen molar-refractivity contribution in [1.82, 2.24) is 10.2 Å². The largest absolute Gasteiger partial charge is 0.369 e. The first-order valence-electron chi connectivity index (χ1n) is 6.16. The van der Waals surface area contributed by atoms with Gasteiger partial charge in [-0.2, -0.15) is 0 Å². The third-order valence-electron chi connectivity index (χ3n) is 2.76. The zero-order valence-electron chi connectivity index (χ0n) is 10.9. The summed E-state index contributed by atoms with van der Waals surface area (Å²) in [5.41, 5.74) is 0.446. The molecule has 2 aromatic rings. The lowest BCUT2D eigenvalue weighted by atomic mass is 10.1. The van der Waals surface area contributed by atoms with Crippen molar-refractivity contribution in [3.05, 3.63) is 41.5 Å². The summed E-state index contributed by atoms with van der Waals surface area (Å²) >= 11 is 0. The molecule has 1 aromatic heterocycles. The van der Waals surface area contributed by atoms with E-state index in [1.54, 1.807) is 19.1 Å². The van der Waals surface area contributed by atoms with Crippen LogP contribution in [0.4, 0.5) is 14.6 Å². The van der Waals surface area contributed by atoms with Crippen LogP contribution in [0.15, 0.2) is 24.3 Å². The number of nitrogens with one attached hydrogen (secondary N) is 1. The molecule has 3 nitrogen and oxygen atoms in total. The molecular weight excluding hydrogens is 248 g/mol. The lowest BCUT2D eigenvalue weighted by molar-refractivity contribution is 0.582. The number of aryl methyl sites for hydroxylation is 1. The van der Waals surface area contributed by atoms with Crippen molar-refractivity contribution in [3.63, 3.8) is 0 Å². The Hall–Kier alpha value is -2.04. The zero-order chi connectivity index (χ0) is 13.8. The number of nitrogens with zero attached hydrogens (tertiary/aromatic N) is 2. The highest BCUT2D eigenvalue weighted by Crippen LogP contribution is 2.26. The van der Waals surface area contributed by atoms with E-state index in [1.165, 1.54) is 12.1 Å². The molecule has 0 saturated heterocycles. The van der Waals surface area contributed by atoms with Gasteiger partial charge in [0.25, 0.3) is 0 Å². The molecule has 1 aromatic carbocycles. The standard InChI is InChI=1S/C14H15F2N3/c1-3-8-17-12-7-6-11(18-19-12)13-10(15)5-4-9(2)14(13)16/h4-7H,3,8H2,1-2H3,(H,17,19). The Morgan fingerprint density at radius 2 is 1.89 bits per heavy atom. The minimum absolute atomic E-state index is 0.130. The molecule has 0 spiro atoms. The van der Waals surface area contributed by atoms with Gasteiger partial charge in [0.15, 0.2) is 0 Å². The van der Waals surface area contributed by atoms with Crippen LogP contribution in [-0.2, 0) is 0 Å². The number of aromatic nitrogens is 2. The smallest absolute Gasteiger partial charge is 0.148 e. The maximum absolute atomic E-state index is 13.9. The van der Waals surface area contributed by atoms with Crippen molar-refractivity contribution in [2.75, 3.05) is 11.9 Å². The molecule has 0 radical (unpaired) electrons. The first-order valence-corrected chi connectivity index (χ1v) is 6.16. The Balaban J connectivity index is 2.35. The van der Waals surface area contributed by atoms with Crippen molar-refractivity contribution in [3.8, 4) is 11.3 Å². The van der Waals surface area contributed by atoms with E-state index in [1.807, 2.05) is 6.92 Å². The van der Waals surface area contributed by atoms with Gasteiger partial charge in [-0.3, -0.25) is 0 Å². The highest BCUT2D eigenvalue weighted by atomic mass is 19.1. The third kappa shape index (κ3) is 2.86. The molecular formula is C14H15F2N3. The molecule has 0 unspecified atom stereocenters. The van der Waals surface area contributed by atoms with E-state index < -0.39 is 11.6 Å². The minimum Gasteiger partial charge on any atom is -0.369 e. The summed E-state index contributed by atoms with van der Waals surface area (Å²) < 4.78 is 27.6. The van der Waals surface area contributed by atoms with Crippen molar-refractivity contribution < 1.29 is 8.78 Å². The number of hydrogen-bond donors (Lipinski definition) is 1. The van der Waals surface area contributed by atoms with Gasteiger partial charge in [0.2, 0.25) is 0 Å². The fourth-order valence-electron chi connectivity index (χ4n) is 1.70. The minimum atomic E-state index is -0.633. The molecule has 0 atom stereocenters. The molecule has 0 aliphatic heterocycles. The van der Waals surface area contributed by atoms with Crippen LogP contribution in [-0.4, -0.2) is 16.7 Å². The zero-order valence-corrected chi connectivity index (χ0v) is 10.9. The van der Waals surface area contributed by atoms with E-state index in [4.69, 9.17) is 0 Å². The van der Waals surface area contributed by atoms with Gasteiger partial charge in [-0.1, -0.05) is 13.0 Å². The molecule has 100 valence electrons. The lowest BCUT2D eigenvalue weighted by Gasteiger charge is -2.07. The molecule has 0 aliphatic rings. The first-order chi connectivity index (χ1) is 9.13.